The second kappa shape index (κ2) is 9.73. The summed E-state index contributed by atoms with van der Waals surface area (Å²) in [4.78, 5) is 40.1. The van der Waals surface area contributed by atoms with Crippen molar-refractivity contribution in [2.75, 3.05) is 13.2 Å². The van der Waals surface area contributed by atoms with Gasteiger partial charge in [-0.15, -0.1) is 0 Å². The van der Waals surface area contributed by atoms with Gasteiger partial charge in [-0.2, -0.15) is 0 Å². The number of nitrogens with one attached hydrogen (secondary N) is 1. The molecule has 162 valence electrons. The van der Waals surface area contributed by atoms with Gasteiger partial charge in [0.25, 0.3) is 0 Å². The first-order valence-electron chi connectivity index (χ1n) is 11.4. The Morgan fingerprint density at radius 3 is 2.63 bits per heavy atom. The molecule has 0 spiro atoms. The van der Waals surface area contributed by atoms with Gasteiger partial charge in [-0.25, -0.2) is 0 Å². The van der Waals surface area contributed by atoms with Gasteiger partial charge < -0.3 is 15.0 Å². The number of aryl methyl sites for hydroxylation is 1. The summed E-state index contributed by atoms with van der Waals surface area (Å²) in [7, 11) is 0. The van der Waals surface area contributed by atoms with Crippen molar-refractivity contribution in [1.29, 1.82) is 0 Å². The SMILES string of the molecule is O=C(CCc1ccccc1)N[C@@H](CC1CCCCC1)C(=O)N1CCC2OCC(=O)C21. The third-order valence-corrected chi connectivity index (χ3v) is 6.81. The lowest BCUT2D eigenvalue weighted by Gasteiger charge is -2.31. The van der Waals surface area contributed by atoms with E-state index in [9.17, 15) is 14.4 Å². The van der Waals surface area contributed by atoms with E-state index in [1.807, 2.05) is 30.3 Å². The molecule has 1 saturated carbocycles. The van der Waals surface area contributed by atoms with Crippen molar-refractivity contribution in [2.45, 2.75) is 76.0 Å². The fourth-order valence-corrected chi connectivity index (χ4v) is 5.19. The van der Waals surface area contributed by atoms with Crippen molar-refractivity contribution in [3.63, 3.8) is 0 Å². The number of carbonyl (C=O) groups is 3. The Hall–Kier alpha value is -2.21. The normalized spacial score (nSPS) is 25.2. The molecule has 2 aliphatic heterocycles. The van der Waals surface area contributed by atoms with Gasteiger partial charge in [0.1, 0.15) is 18.7 Å². The maximum absolute atomic E-state index is 13.4. The van der Waals surface area contributed by atoms with Gasteiger partial charge in [-0.3, -0.25) is 14.4 Å². The van der Waals surface area contributed by atoms with E-state index < -0.39 is 12.1 Å². The fraction of sp³-hybridized carbons (Fsp3) is 0.625. The van der Waals surface area contributed by atoms with E-state index in [-0.39, 0.29) is 30.3 Å². The molecule has 3 fully saturated rings. The Bertz CT molecular complexity index is 760. The molecule has 2 heterocycles. The molecule has 6 nitrogen and oxygen atoms in total. The molecule has 4 rings (SSSR count). The zero-order chi connectivity index (χ0) is 20.9. The number of hydrogen-bond donors (Lipinski definition) is 1. The summed E-state index contributed by atoms with van der Waals surface area (Å²) in [5.41, 5.74) is 1.11. The average Bonchev–Trinajstić information content (AvgIpc) is 3.36. The van der Waals surface area contributed by atoms with Gasteiger partial charge >= 0.3 is 0 Å². The lowest BCUT2D eigenvalue weighted by molar-refractivity contribution is -0.140. The molecule has 6 heteroatoms. The highest BCUT2D eigenvalue weighted by Crippen LogP contribution is 2.31. The van der Waals surface area contributed by atoms with Gasteiger partial charge in [-0.1, -0.05) is 62.4 Å². The first-order valence-corrected chi connectivity index (χ1v) is 11.4. The molecule has 1 N–H and O–H groups in total. The fourth-order valence-electron chi connectivity index (χ4n) is 5.19. The van der Waals surface area contributed by atoms with Crippen molar-refractivity contribution in [1.82, 2.24) is 10.2 Å². The second-order valence-electron chi connectivity index (χ2n) is 8.93. The monoisotopic (exact) mass is 412 g/mol. The number of amides is 2. The molecule has 1 aliphatic carbocycles. The van der Waals surface area contributed by atoms with Crippen LogP contribution in [0.3, 0.4) is 0 Å². The Morgan fingerprint density at radius 1 is 1.10 bits per heavy atom. The number of nitrogens with zero attached hydrogens (tertiary/aromatic N) is 1. The Kier molecular flexibility index (Phi) is 6.82. The zero-order valence-corrected chi connectivity index (χ0v) is 17.6. The van der Waals surface area contributed by atoms with Crippen molar-refractivity contribution in [3.05, 3.63) is 35.9 Å². The molecule has 2 saturated heterocycles. The van der Waals surface area contributed by atoms with Crippen LogP contribution < -0.4 is 5.32 Å². The summed E-state index contributed by atoms with van der Waals surface area (Å²) in [6, 6.07) is 8.89. The summed E-state index contributed by atoms with van der Waals surface area (Å²) in [5, 5.41) is 3.02. The van der Waals surface area contributed by atoms with Crippen LogP contribution in [-0.2, 0) is 25.5 Å². The van der Waals surface area contributed by atoms with Crippen LogP contribution in [0.4, 0.5) is 0 Å². The summed E-state index contributed by atoms with van der Waals surface area (Å²) in [5.74, 6) is 0.228. The lowest BCUT2D eigenvalue weighted by Crippen LogP contribution is -2.53. The molecule has 30 heavy (non-hydrogen) atoms. The van der Waals surface area contributed by atoms with Gasteiger partial charge in [0.15, 0.2) is 5.78 Å². The molecule has 1 aromatic carbocycles. The molecular weight excluding hydrogens is 380 g/mol. The highest BCUT2D eigenvalue weighted by atomic mass is 16.5. The Labute approximate surface area is 178 Å². The van der Waals surface area contributed by atoms with Crippen LogP contribution in [0.2, 0.25) is 0 Å². The van der Waals surface area contributed by atoms with Crippen LogP contribution in [0.15, 0.2) is 30.3 Å². The minimum atomic E-state index is -0.552. The first-order chi connectivity index (χ1) is 14.6. The number of ketones is 1. The van der Waals surface area contributed by atoms with Crippen molar-refractivity contribution >= 4 is 17.6 Å². The van der Waals surface area contributed by atoms with Gasteiger partial charge in [-0.05, 0) is 30.7 Å². The molecule has 1 aromatic rings. The minimum absolute atomic E-state index is 0.0160. The van der Waals surface area contributed by atoms with Crippen LogP contribution in [-0.4, -0.2) is 53.8 Å². The van der Waals surface area contributed by atoms with Crippen LogP contribution >= 0.6 is 0 Å². The number of benzene rings is 1. The van der Waals surface area contributed by atoms with Crippen molar-refractivity contribution in [3.8, 4) is 0 Å². The highest BCUT2D eigenvalue weighted by Gasteiger charge is 2.48. The molecule has 2 unspecified atom stereocenters. The van der Waals surface area contributed by atoms with Crippen molar-refractivity contribution in [2.24, 2.45) is 5.92 Å². The first kappa shape index (κ1) is 21.0. The molecule has 0 radical (unpaired) electrons. The number of hydrogen-bond acceptors (Lipinski definition) is 4. The molecule has 3 atom stereocenters. The summed E-state index contributed by atoms with van der Waals surface area (Å²) < 4.78 is 5.54. The Balaban J connectivity index is 1.41. The summed E-state index contributed by atoms with van der Waals surface area (Å²) >= 11 is 0. The predicted octanol–water partition coefficient (Wildman–Crippen LogP) is 2.64. The zero-order valence-electron chi connectivity index (χ0n) is 17.6. The smallest absolute Gasteiger partial charge is 0.245 e. The number of carbonyl (C=O) groups excluding carboxylic acids is 3. The largest absolute Gasteiger partial charge is 0.368 e. The van der Waals surface area contributed by atoms with Gasteiger partial charge in [0.2, 0.25) is 11.8 Å². The number of Topliss-reactive ketones (excluding diaryl/α,β-unsaturated/α-hetero) is 1. The predicted molar refractivity (Wildman–Crippen MR) is 113 cm³/mol. The third-order valence-electron chi connectivity index (χ3n) is 6.81. The lowest BCUT2D eigenvalue weighted by atomic mass is 9.84. The molecule has 0 bridgehead atoms. The van der Waals surface area contributed by atoms with E-state index in [1.54, 1.807) is 4.90 Å². The van der Waals surface area contributed by atoms with E-state index in [0.717, 1.165) is 18.4 Å². The number of likely N-dealkylation sites (tertiary alicyclic amines) is 1. The van der Waals surface area contributed by atoms with E-state index >= 15 is 0 Å². The third kappa shape index (κ3) is 4.91. The van der Waals surface area contributed by atoms with Crippen LogP contribution in [0.1, 0.15) is 56.9 Å². The highest BCUT2D eigenvalue weighted by molar-refractivity contribution is 5.95. The molecule has 2 amide bonds. The van der Waals surface area contributed by atoms with E-state index in [0.29, 0.717) is 38.1 Å². The Morgan fingerprint density at radius 2 is 1.87 bits per heavy atom. The van der Waals surface area contributed by atoms with Crippen molar-refractivity contribution < 1.29 is 19.1 Å². The average molecular weight is 413 g/mol. The van der Waals surface area contributed by atoms with Crippen LogP contribution in [0.25, 0.3) is 0 Å². The van der Waals surface area contributed by atoms with E-state index in [2.05, 4.69) is 5.32 Å². The van der Waals surface area contributed by atoms with Crippen LogP contribution in [0, 0.1) is 5.92 Å². The minimum Gasteiger partial charge on any atom is -0.368 e. The maximum Gasteiger partial charge on any atom is 0.245 e. The number of ether oxygens (including phenoxy) is 1. The summed E-state index contributed by atoms with van der Waals surface area (Å²) in [6.07, 6.45) is 8.03. The summed E-state index contributed by atoms with van der Waals surface area (Å²) in [6.45, 7) is 0.622. The standard InChI is InChI=1S/C24H32N2O4/c27-20-16-30-21-13-14-26(23(20)21)24(29)19(15-18-9-5-2-6-10-18)25-22(28)12-11-17-7-3-1-4-8-17/h1,3-4,7-8,18-19,21,23H,2,5-6,9-16H2,(H,25,28)/t19-,21?,23?/m0/s1. The van der Waals surface area contributed by atoms with Gasteiger partial charge in [0.05, 0.1) is 6.10 Å². The quantitative estimate of drug-likeness (QED) is 0.747. The van der Waals surface area contributed by atoms with Gasteiger partial charge in [0, 0.05) is 13.0 Å². The van der Waals surface area contributed by atoms with E-state index in [4.69, 9.17) is 4.74 Å². The number of rotatable bonds is 7. The topological polar surface area (TPSA) is 75.7 Å². The van der Waals surface area contributed by atoms with Crippen LogP contribution in [0.5, 0.6) is 0 Å². The molecular formula is C24H32N2O4. The molecule has 0 aromatic heterocycles. The maximum atomic E-state index is 13.4. The number of fused-ring (bicyclic) bond motifs is 1. The molecule has 3 aliphatic rings. The second-order valence-corrected chi connectivity index (χ2v) is 8.93. The van der Waals surface area contributed by atoms with E-state index in [1.165, 1.54) is 19.3 Å².